The highest BCUT2D eigenvalue weighted by molar-refractivity contribution is 7.92. The quantitative estimate of drug-likeness (QED) is 0.850. The van der Waals surface area contributed by atoms with Crippen molar-refractivity contribution in [2.75, 3.05) is 11.3 Å². The molecule has 1 heterocycles. The molecule has 2 aromatic rings. The Bertz CT molecular complexity index is 706. The third kappa shape index (κ3) is 3.56. The van der Waals surface area contributed by atoms with Crippen LogP contribution in [0.3, 0.4) is 0 Å². The lowest BCUT2D eigenvalue weighted by Gasteiger charge is -2.08. The zero-order valence-corrected chi connectivity index (χ0v) is 12.9. The van der Waals surface area contributed by atoms with Gasteiger partial charge in [-0.15, -0.1) is 0 Å². The Balaban J connectivity index is 2.20. The molecule has 114 valence electrons. The number of anilines is 1. The highest BCUT2D eigenvalue weighted by Gasteiger charge is 2.17. The smallest absolute Gasteiger partial charge is 0.263 e. The molecule has 0 radical (unpaired) electrons. The second-order valence-corrected chi connectivity index (χ2v) is 6.23. The molecule has 6 nitrogen and oxygen atoms in total. The second kappa shape index (κ2) is 6.19. The van der Waals surface area contributed by atoms with E-state index < -0.39 is 10.0 Å². The van der Waals surface area contributed by atoms with Crippen LogP contribution < -0.4 is 15.2 Å². The summed E-state index contributed by atoms with van der Waals surface area (Å²) in [5.74, 6) is 0.700. The average molecular weight is 309 g/mol. The fourth-order valence-corrected chi connectivity index (χ4v) is 3.08. The SMILES string of the molecule is CCOc1ccc(NS(=O)(=O)c2cc(CN)n(C)c2)cc1. The van der Waals surface area contributed by atoms with Crippen molar-refractivity contribution in [2.45, 2.75) is 18.4 Å². The van der Waals surface area contributed by atoms with Crippen molar-refractivity contribution in [1.29, 1.82) is 0 Å². The number of benzene rings is 1. The van der Waals surface area contributed by atoms with Gasteiger partial charge in [0.15, 0.2) is 0 Å². The lowest BCUT2D eigenvalue weighted by molar-refractivity contribution is 0.340. The Kier molecular flexibility index (Phi) is 4.54. The van der Waals surface area contributed by atoms with Gasteiger partial charge in [0.05, 0.1) is 6.61 Å². The summed E-state index contributed by atoms with van der Waals surface area (Å²) in [4.78, 5) is 0.194. The summed E-state index contributed by atoms with van der Waals surface area (Å²) in [5, 5.41) is 0. The first kappa shape index (κ1) is 15.4. The Labute approximate surface area is 124 Å². The van der Waals surface area contributed by atoms with Crippen molar-refractivity contribution >= 4 is 15.7 Å². The number of nitrogens with zero attached hydrogens (tertiary/aromatic N) is 1. The average Bonchev–Trinajstić information content (AvgIpc) is 2.83. The van der Waals surface area contributed by atoms with Crippen molar-refractivity contribution in [3.8, 4) is 5.75 Å². The van der Waals surface area contributed by atoms with E-state index in [4.69, 9.17) is 10.5 Å². The van der Waals surface area contributed by atoms with E-state index in [2.05, 4.69) is 4.72 Å². The minimum atomic E-state index is -3.62. The summed E-state index contributed by atoms with van der Waals surface area (Å²) >= 11 is 0. The first-order chi connectivity index (χ1) is 9.96. The van der Waals surface area contributed by atoms with E-state index >= 15 is 0 Å². The Morgan fingerprint density at radius 1 is 1.29 bits per heavy atom. The lowest BCUT2D eigenvalue weighted by Crippen LogP contribution is -2.12. The van der Waals surface area contributed by atoms with Crippen LogP contribution in [0.15, 0.2) is 41.4 Å². The summed E-state index contributed by atoms with van der Waals surface area (Å²) in [5.41, 5.74) is 6.79. The highest BCUT2D eigenvalue weighted by Crippen LogP contribution is 2.20. The topological polar surface area (TPSA) is 86.3 Å². The molecule has 0 atom stereocenters. The van der Waals surface area contributed by atoms with Gasteiger partial charge in [0.1, 0.15) is 10.6 Å². The molecule has 0 bridgehead atoms. The summed E-state index contributed by atoms with van der Waals surface area (Å²) in [6.45, 7) is 2.74. The summed E-state index contributed by atoms with van der Waals surface area (Å²) in [6.07, 6.45) is 1.54. The van der Waals surface area contributed by atoms with Crippen LogP contribution in [0.2, 0.25) is 0 Å². The van der Waals surface area contributed by atoms with Gasteiger partial charge in [0.25, 0.3) is 10.0 Å². The van der Waals surface area contributed by atoms with E-state index in [1.165, 1.54) is 0 Å². The number of aryl methyl sites for hydroxylation is 1. The molecule has 21 heavy (non-hydrogen) atoms. The standard InChI is InChI=1S/C14H19N3O3S/c1-3-20-13-6-4-11(5-7-13)16-21(18,19)14-8-12(9-15)17(2)10-14/h4-8,10,16H,3,9,15H2,1-2H3. The maximum Gasteiger partial charge on any atom is 0.263 e. The molecule has 2 rings (SSSR count). The molecule has 0 saturated heterocycles. The van der Waals surface area contributed by atoms with Gasteiger partial charge in [0.2, 0.25) is 0 Å². The molecule has 0 aliphatic heterocycles. The van der Waals surface area contributed by atoms with Gasteiger partial charge in [-0.2, -0.15) is 0 Å². The molecule has 0 amide bonds. The first-order valence-corrected chi connectivity index (χ1v) is 8.05. The van der Waals surface area contributed by atoms with Crippen molar-refractivity contribution in [3.05, 3.63) is 42.2 Å². The number of aromatic nitrogens is 1. The second-order valence-electron chi connectivity index (χ2n) is 4.55. The fourth-order valence-electron chi connectivity index (χ4n) is 1.93. The molecule has 0 aliphatic rings. The van der Waals surface area contributed by atoms with Crippen LogP contribution in [-0.2, 0) is 23.6 Å². The van der Waals surface area contributed by atoms with Crippen molar-refractivity contribution in [3.63, 3.8) is 0 Å². The molecule has 0 saturated carbocycles. The predicted molar refractivity (Wildman–Crippen MR) is 81.7 cm³/mol. The number of nitrogens with one attached hydrogen (secondary N) is 1. The van der Waals surface area contributed by atoms with Crippen molar-refractivity contribution in [1.82, 2.24) is 4.57 Å². The predicted octanol–water partition coefficient (Wildman–Crippen LogP) is 1.68. The van der Waals surface area contributed by atoms with Crippen LogP contribution in [0, 0.1) is 0 Å². The summed E-state index contributed by atoms with van der Waals surface area (Å²) < 4.78 is 34.1. The molecular formula is C14H19N3O3S. The molecule has 0 spiro atoms. The number of rotatable bonds is 6. The summed E-state index contributed by atoms with van der Waals surface area (Å²) in [6, 6.07) is 8.33. The zero-order chi connectivity index (χ0) is 15.5. The fraction of sp³-hybridized carbons (Fsp3) is 0.286. The molecular weight excluding hydrogens is 290 g/mol. The normalized spacial score (nSPS) is 11.4. The van der Waals surface area contributed by atoms with Crippen LogP contribution in [0.4, 0.5) is 5.69 Å². The maximum atomic E-state index is 12.3. The van der Waals surface area contributed by atoms with E-state index in [0.717, 1.165) is 5.69 Å². The number of hydrogen-bond donors (Lipinski definition) is 2. The lowest BCUT2D eigenvalue weighted by atomic mass is 10.3. The molecule has 0 unspecified atom stereocenters. The number of hydrogen-bond acceptors (Lipinski definition) is 4. The van der Waals surface area contributed by atoms with E-state index in [1.54, 1.807) is 48.1 Å². The molecule has 3 N–H and O–H groups in total. The van der Waals surface area contributed by atoms with Crippen LogP contribution in [-0.4, -0.2) is 19.6 Å². The number of sulfonamides is 1. The van der Waals surface area contributed by atoms with Gasteiger partial charge >= 0.3 is 0 Å². The van der Waals surface area contributed by atoms with E-state index in [0.29, 0.717) is 18.0 Å². The minimum absolute atomic E-state index is 0.194. The van der Waals surface area contributed by atoms with Gasteiger partial charge in [0, 0.05) is 31.2 Å². The molecule has 1 aromatic heterocycles. The summed E-state index contributed by atoms with van der Waals surface area (Å²) in [7, 11) is -1.86. The molecule has 1 aromatic carbocycles. The van der Waals surface area contributed by atoms with E-state index in [-0.39, 0.29) is 11.4 Å². The first-order valence-electron chi connectivity index (χ1n) is 6.57. The third-order valence-electron chi connectivity index (χ3n) is 3.02. The third-order valence-corrected chi connectivity index (χ3v) is 4.37. The zero-order valence-electron chi connectivity index (χ0n) is 12.0. The Morgan fingerprint density at radius 3 is 2.48 bits per heavy atom. The van der Waals surface area contributed by atoms with Gasteiger partial charge in [-0.25, -0.2) is 8.42 Å². The number of nitrogens with two attached hydrogens (primary N) is 1. The van der Waals surface area contributed by atoms with Gasteiger partial charge < -0.3 is 15.0 Å². The highest BCUT2D eigenvalue weighted by atomic mass is 32.2. The van der Waals surface area contributed by atoms with Crippen LogP contribution in [0.1, 0.15) is 12.6 Å². The molecule has 0 fully saturated rings. The Morgan fingerprint density at radius 2 is 1.95 bits per heavy atom. The monoisotopic (exact) mass is 309 g/mol. The maximum absolute atomic E-state index is 12.3. The van der Waals surface area contributed by atoms with Crippen molar-refractivity contribution < 1.29 is 13.2 Å². The largest absolute Gasteiger partial charge is 0.494 e. The van der Waals surface area contributed by atoms with Gasteiger partial charge in [-0.3, -0.25) is 4.72 Å². The molecule has 7 heteroatoms. The Hall–Kier alpha value is -1.99. The van der Waals surface area contributed by atoms with Crippen molar-refractivity contribution in [2.24, 2.45) is 12.8 Å². The van der Waals surface area contributed by atoms with Crippen LogP contribution >= 0.6 is 0 Å². The van der Waals surface area contributed by atoms with Gasteiger partial charge in [-0.05, 0) is 37.3 Å². The number of ether oxygens (including phenoxy) is 1. The van der Waals surface area contributed by atoms with Crippen LogP contribution in [0.5, 0.6) is 5.75 Å². The van der Waals surface area contributed by atoms with E-state index in [1.807, 2.05) is 6.92 Å². The minimum Gasteiger partial charge on any atom is -0.494 e. The molecule has 0 aliphatic carbocycles. The van der Waals surface area contributed by atoms with Crippen LogP contribution in [0.25, 0.3) is 0 Å². The van der Waals surface area contributed by atoms with E-state index in [9.17, 15) is 8.42 Å². The van der Waals surface area contributed by atoms with Gasteiger partial charge in [-0.1, -0.05) is 0 Å².